The molecule has 144 valence electrons. The lowest BCUT2D eigenvalue weighted by molar-refractivity contribution is 0.139. The van der Waals surface area contributed by atoms with Gasteiger partial charge >= 0.3 is 0 Å². The Morgan fingerprint density at radius 1 is 1.11 bits per heavy atom. The molecule has 0 amide bonds. The van der Waals surface area contributed by atoms with E-state index in [-0.39, 0.29) is 10.9 Å². The molecule has 1 N–H and O–H groups in total. The topological polar surface area (TPSA) is 62.5 Å². The van der Waals surface area contributed by atoms with Crippen molar-refractivity contribution in [3.8, 4) is 0 Å². The summed E-state index contributed by atoms with van der Waals surface area (Å²) < 4.78 is 28.1. The minimum atomic E-state index is -3.68. The smallest absolute Gasteiger partial charge is 0.268 e. The Balaban J connectivity index is 1.74. The highest BCUT2D eigenvalue weighted by Crippen LogP contribution is 2.41. The highest BCUT2D eigenvalue weighted by atomic mass is 32.2. The number of fused-ring (bicyclic) bond motifs is 2. The predicted molar refractivity (Wildman–Crippen MR) is 110 cm³/mol. The van der Waals surface area contributed by atoms with Gasteiger partial charge in [0.1, 0.15) is 0 Å². The predicted octanol–water partition coefficient (Wildman–Crippen LogP) is 2.80. The molecular weight excluding hydrogens is 372 g/mol. The first-order valence-corrected chi connectivity index (χ1v) is 10.9. The Labute approximate surface area is 164 Å². The number of nitrogens with zero attached hydrogens (tertiary/aromatic N) is 2. The van der Waals surface area contributed by atoms with Gasteiger partial charge in [-0.05, 0) is 61.4 Å². The van der Waals surface area contributed by atoms with Crippen molar-refractivity contribution in [3.63, 3.8) is 0 Å². The van der Waals surface area contributed by atoms with Crippen LogP contribution in [0.5, 0.6) is 0 Å². The normalized spacial score (nSPS) is 22.2. The van der Waals surface area contributed by atoms with Crippen molar-refractivity contribution in [2.75, 3.05) is 13.6 Å². The summed E-state index contributed by atoms with van der Waals surface area (Å²) in [6.07, 6.45) is 3.93. The second-order valence-electron chi connectivity index (χ2n) is 7.82. The molecule has 1 aliphatic heterocycles. The van der Waals surface area contributed by atoms with Crippen LogP contribution < -0.4 is 0 Å². The van der Waals surface area contributed by atoms with Crippen LogP contribution in [0.15, 0.2) is 59.6 Å². The number of rotatable bonds is 2. The number of β-amino-alcohol motifs (C(OH)–C–C–N with tert-alkyl or cyclic N) is 1. The molecule has 2 heterocycles. The molecule has 1 aromatic heterocycles. The number of likely N-dealkylation sites (N-methyl/N-ethyl adjacent to an activating group) is 1. The number of aryl methyl sites for hydroxylation is 1. The number of aliphatic hydroxyl groups excluding tert-OH is 1. The standard InChI is InChI=1S/C22H22N2O3S/c1-14-6-8-17(9-7-14)28(26,27)24-12-15-10-21-19(11-16(25)13-23(21)2)18-4-3-5-20(24)22(15)18/h3-9,11-12,16,21,25H,10,13H2,1-2H3/t16-,21+/m0/s1. The summed E-state index contributed by atoms with van der Waals surface area (Å²) in [5.74, 6) is 0. The molecule has 5 nitrogen and oxygen atoms in total. The van der Waals surface area contributed by atoms with Gasteiger partial charge in [0.05, 0.1) is 16.5 Å². The van der Waals surface area contributed by atoms with Crippen molar-refractivity contribution in [3.05, 3.63) is 71.4 Å². The van der Waals surface area contributed by atoms with Gasteiger partial charge in [-0.1, -0.05) is 29.8 Å². The third-order valence-electron chi connectivity index (χ3n) is 5.91. The second-order valence-corrected chi connectivity index (χ2v) is 9.63. The molecule has 2 atom stereocenters. The molecular formula is C22H22N2O3S. The lowest BCUT2D eigenvalue weighted by atomic mass is 9.81. The van der Waals surface area contributed by atoms with Crippen molar-refractivity contribution in [2.24, 2.45) is 0 Å². The van der Waals surface area contributed by atoms with Crippen molar-refractivity contribution in [1.82, 2.24) is 8.87 Å². The summed E-state index contributed by atoms with van der Waals surface area (Å²) in [6, 6.07) is 12.9. The van der Waals surface area contributed by atoms with Crippen LogP contribution in [0.4, 0.5) is 0 Å². The van der Waals surface area contributed by atoms with Gasteiger partial charge in [-0.15, -0.1) is 0 Å². The molecule has 0 spiro atoms. The average molecular weight is 394 g/mol. The fourth-order valence-electron chi connectivity index (χ4n) is 4.53. The molecule has 2 aromatic carbocycles. The summed E-state index contributed by atoms with van der Waals surface area (Å²) in [5.41, 5.74) is 4.86. The monoisotopic (exact) mass is 394 g/mol. The molecule has 0 unspecified atom stereocenters. The van der Waals surface area contributed by atoms with E-state index in [1.807, 2.05) is 50.4 Å². The van der Waals surface area contributed by atoms with Gasteiger partial charge in [-0.25, -0.2) is 12.4 Å². The zero-order valence-corrected chi connectivity index (χ0v) is 16.6. The Bertz CT molecular complexity index is 1220. The highest BCUT2D eigenvalue weighted by molar-refractivity contribution is 7.90. The Morgan fingerprint density at radius 2 is 1.86 bits per heavy atom. The lowest BCUT2D eigenvalue weighted by Crippen LogP contribution is -2.44. The zero-order chi connectivity index (χ0) is 19.6. The van der Waals surface area contributed by atoms with Gasteiger partial charge in [0.15, 0.2) is 0 Å². The number of hydrogen-bond acceptors (Lipinski definition) is 4. The van der Waals surface area contributed by atoms with Gasteiger partial charge in [0.25, 0.3) is 10.0 Å². The van der Waals surface area contributed by atoms with Crippen LogP contribution in [-0.2, 0) is 16.4 Å². The fourth-order valence-corrected chi connectivity index (χ4v) is 5.91. The Hall–Kier alpha value is -2.41. The first kappa shape index (κ1) is 17.7. The molecule has 0 fully saturated rings. The highest BCUT2D eigenvalue weighted by Gasteiger charge is 2.35. The molecule has 28 heavy (non-hydrogen) atoms. The quantitative estimate of drug-likeness (QED) is 0.726. The van der Waals surface area contributed by atoms with Gasteiger partial charge in [-0.3, -0.25) is 4.90 Å². The maximum absolute atomic E-state index is 13.3. The molecule has 1 aliphatic carbocycles. The van der Waals surface area contributed by atoms with Crippen LogP contribution in [0.25, 0.3) is 16.5 Å². The van der Waals surface area contributed by atoms with Crippen LogP contribution in [0.3, 0.4) is 0 Å². The maximum atomic E-state index is 13.3. The third kappa shape index (κ3) is 2.49. The molecule has 5 rings (SSSR count). The number of benzene rings is 2. The summed E-state index contributed by atoms with van der Waals surface area (Å²) in [7, 11) is -1.68. The summed E-state index contributed by atoms with van der Waals surface area (Å²) >= 11 is 0. The van der Waals surface area contributed by atoms with Crippen LogP contribution >= 0.6 is 0 Å². The Kier molecular flexibility index (Phi) is 3.81. The fraction of sp³-hybridized carbons (Fsp3) is 0.273. The molecule has 0 saturated heterocycles. The van der Waals surface area contributed by atoms with Crippen molar-refractivity contribution < 1.29 is 13.5 Å². The van der Waals surface area contributed by atoms with E-state index >= 15 is 0 Å². The second kappa shape index (κ2) is 6.04. The summed E-state index contributed by atoms with van der Waals surface area (Å²) in [4.78, 5) is 2.43. The van der Waals surface area contributed by atoms with Crippen LogP contribution in [0.2, 0.25) is 0 Å². The van der Waals surface area contributed by atoms with Gasteiger partial charge in [0, 0.05) is 24.2 Å². The maximum Gasteiger partial charge on any atom is 0.268 e. The summed E-state index contributed by atoms with van der Waals surface area (Å²) in [5, 5.41) is 11.2. The zero-order valence-electron chi connectivity index (χ0n) is 15.8. The van der Waals surface area contributed by atoms with Crippen molar-refractivity contribution >= 4 is 26.5 Å². The Morgan fingerprint density at radius 3 is 2.61 bits per heavy atom. The third-order valence-corrected chi connectivity index (χ3v) is 7.60. The van der Waals surface area contributed by atoms with E-state index in [4.69, 9.17) is 0 Å². The number of aromatic nitrogens is 1. The number of hydrogen-bond donors (Lipinski definition) is 1. The average Bonchev–Trinajstić information content (AvgIpc) is 3.04. The van der Waals surface area contributed by atoms with Gasteiger partial charge in [0.2, 0.25) is 0 Å². The van der Waals surface area contributed by atoms with Crippen LogP contribution in [-0.4, -0.2) is 48.1 Å². The minimum Gasteiger partial charge on any atom is -0.388 e. The van der Waals surface area contributed by atoms with E-state index in [0.29, 0.717) is 12.1 Å². The number of aliphatic hydroxyl groups is 1. The molecule has 3 aromatic rings. The van der Waals surface area contributed by atoms with E-state index in [2.05, 4.69) is 4.90 Å². The van der Waals surface area contributed by atoms with Crippen molar-refractivity contribution in [2.45, 2.75) is 30.4 Å². The van der Waals surface area contributed by atoms with Crippen molar-refractivity contribution in [1.29, 1.82) is 0 Å². The SMILES string of the molecule is Cc1ccc(S(=O)(=O)n2cc3c4c(cccc42)C2=C[C@H](O)CN(C)[C@@H]2C3)cc1. The molecule has 6 heteroatoms. The van der Waals surface area contributed by atoms with E-state index in [0.717, 1.165) is 34.1 Å². The lowest BCUT2D eigenvalue weighted by Gasteiger charge is -2.38. The van der Waals surface area contributed by atoms with E-state index in [1.54, 1.807) is 18.3 Å². The van der Waals surface area contributed by atoms with Crippen LogP contribution in [0.1, 0.15) is 16.7 Å². The van der Waals surface area contributed by atoms with Gasteiger partial charge in [-0.2, -0.15) is 0 Å². The molecule has 2 aliphatic rings. The molecule has 0 bridgehead atoms. The first-order chi connectivity index (χ1) is 13.4. The van der Waals surface area contributed by atoms with Crippen LogP contribution in [0, 0.1) is 6.92 Å². The van der Waals surface area contributed by atoms with E-state index in [9.17, 15) is 13.5 Å². The van der Waals surface area contributed by atoms with Gasteiger partial charge < -0.3 is 5.11 Å². The summed E-state index contributed by atoms with van der Waals surface area (Å²) in [6.45, 7) is 2.52. The largest absolute Gasteiger partial charge is 0.388 e. The first-order valence-electron chi connectivity index (χ1n) is 9.42. The molecule has 0 radical (unpaired) electrons. The van der Waals surface area contributed by atoms with E-state index in [1.165, 1.54) is 3.97 Å². The molecule has 0 saturated carbocycles. The minimum absolute atomic E-state index is 0.152. The van der Waals surface area contributed by atoms with E-state index < -0.39 is 16.1 Å².